The van der Waals surface area contributed by atoms with Gasteiger partial charge in [0.15, 0.2) is 29.0 Å². The van der Waals surface area contributed by atoms with Crippen LogP contribution in [0.2, 0.25) is 10.0 Å². The molecule has 8 atom stereocenters. The number of halogens is 2. The van der Waals surface area contributed by atoms with Gasteiger partial charge < -0.3 is 102 Å². The monoisotopic (exact) mass is 1470 g/mol. The number of amides is 7. The Morgan fingerprint density at radius 1 is 0.552 bits per heavy atom. The molecule has 8 aromatic carbocycles. The number of carboxylic acid groups (broad SMARTS) is 1. The van der Waals surface area contributed by atoms with E-state index in [0.717, 1.165) is 91.1 Å². The second-order valence-electron chi connectivity index (χ2n) is 26.5. The molecule has 0 saturated carbocycles. The number of aryl methyl sites for hydroxylation is 1. The van der Waals surface area contributed by atoms with Crippen molar-refractivity contribution in [1.82, 2.24) is 42.5 Å². The summed E-state index contributed by atoms with van der Waals surface area (Å²) in [7, 11) is 0. The van der Waals surface area contributed by atoms with Gasteiger partial charge in [-0.3, -0.25) is 28.8 Å². The minimum absolute atomic E-state index is 0.0114. The van der Waals surface area contributed by atoms with E-state index in [0.29, 0.717) is 0 Å². The molecule has 6 heterocycles. The van der Waals surface area contributed by atoms with E-state index < -0.39 is 171 Å². The van der Waals surface area contributed by atoms with Gasteiger partial charge in [-0.05, 0) is 157 Å². The number of hydrogen-bond acceptors (Lipinski definition) is 20. The van der Waals surface area contributed by atoms with Crippen LogP contribution in [0.5, 0.6) is 69.0 Å². The lowest BCUT2D eigenvalue weighted by Crippen LogP contribution is -2.55. The highest BCUT2D eigenvalue weighted by molar-refractivity contribution is 6.32. The number of aromatic hydroxyl groups is 6. The van der Waals surface area contributed by atoms with E-state index in [1.165, 1.54) is 48.5 Å². The third-order valence-corrected chi connectivity index (χ3v) is 18.4. The zero-order chi connectivity index (χ0) is 75.0. The Morgan fingerprint density at radius 3 is 1.81 bits per heavy atom. The Hall–Kier alpha value is -12.0. The summed E-state index contributed by atoms with van der Waals surface area (Å²) in [5, 5.41) is 115. The molecule has 7 amide bonds. The maximum atomic E-state index is 16.1. The van der Waals surface area contributed by atoms with Crippen molar-refractivity contribution in [2.75, 3.05) is 0 Å². The van der Waals surface area contributed by atoms with Crippen LogP contribution in [0.3, 0.4) is 0 Å². The zero-order valence-corrected chi connectivity index (χ0v) is 57.8. The van der Waals surface area contributed by atoms with Gasteiger partial charge in [-0.15, -0.1) is 0 Å². The van der Waals surface area contributed by atoms with E-state index in [1.54, 1.807) is 20.8 Å². The van der Waals surface area contributed by atoms with E-state index >= 15 is 24.0 Å². The van der Waals surface area contributed by atoms with Crippen molar-refractivity contribution in [2.45, 2.75) is 120 Å². The summed E-state index contributed by atoms with van der Waals surface area (Å²) in [6.07, 6.45) is -0.846. The summed E-state index contributed by atoms with van der Waals surface area (Å²) < 4.78 is 24.2. The Bertz CT molecular complexity index is 4860. The lowest BCUT2D eigenvalue weighted by atomic mass is 9.88. The van der Waals surface area contributed by atoms with Crippen LogP contribution in [0.15, 0.2) is 133 Å². The van der Waals surface area contributed by atoms with Gasteiger partial charge >= 0.3 is 12.1 Å². The molecule has 6 aliphatic rings. The Balaban J connectivity index is 1.03. The van der Waals surface area contributed by atoms with Gasteiger partial charge in [-0.1, -0.05) is 85.1 Å². The number of phenols is 6. The number of aliphatic carboxylic acids is 1. The Kier molecular flexibility index (Phi) is 20.6. The fourth-order valence-corrected chi connectivity index (χ4v) is 13.0. The molecule has 6 aliphatic heterocycles. The fourth-order valence-electron chi connectivity index (χ4n) is 12.6. The lowest BCUT2D eigenvalue weighted by Gasteiger charge is -2.31. The number of aliphatic hydroxyl groups is 1. The third kappa shape index (κ3) is 15.8. The van der Waals surface area contributed by atoms with Crippen molar-refractivity contribution in [3.05, 3.63) is 199 Å². The molecule has 0 aliphatic carbocycles. The number of benzene rings is 8. The Morgan fingerprint density at radius 2 is 1.15 bits per heavy atom. The van der Waals surface area contributed by atoms with Crippen LogP contribution in [0.4, 0.5) is 4.79 Å². The van der Waals surface area contributed by atoms with E-state index in [9.17, 15) is 55.2 Å². The highest BCUT2D eigenvalue weighted by Gasteiger charge is 2.42. The second kappa shape index (κ2) is 29.8. The van der Waals surface area contributed by atoms with Gasteiger partial charge in [0.05, 0.1) is 15.6 Å². The number of unbranched alkanes of at least 4 members (excludes halogenated alkanes) is 1. The standard InChI is InChI=1S/C75H70Cl2N8O20/c1-5-6-7-33-8-10-34(11-9-33)31-78-32-45-51(89)30-44-57(65(45)91)43-24-36(13-16-49(43)87)58-69(95)84-63(72(98)83-62(44)73(99)100)64(90)38-15-19-53(47(77)25-38)104-56-28-40-27-55(66(56)92)103-52-18-12-35(20-46(52)76)21-48-67(93)80-60(70(96)82-61(40)71(97)81-58)39-22-41(86)29-42(23-39)102-54-26-37(14-17-50(54)88)59(68(94)79-48)85-74(101)105-75(2,3)4/h8-20,22-30,48,58-64,78,86-92H,5-7,21,31-32H2,1-4H3,(H,79,94)(H,80,93)(H,81,97)(H,82,96)(H,83,98)(H,84,95)(H,85,101)(H,99,100)/t48-,58-,59+,60+,61-,62+,63+,64-/m1/s1. The number of hydrogen-bond donors (Lipinski definition) is 16. The van der Waals surface area contributed by atoms with E-state index in [2.05, 4.69) is 49.5 Å². The minimum Gasteiger partial charge on any atom is -0.508 e. The first-order chi connectivity index (χ1) is 50.0. The third-order valence-electron chi connectivity index (χ3n) is 17.8. The molecule has 0 spiro atoms. The maximum absolute atomic E-state index is 16.1. The maximum Gasteiger partial charge on any atom is 0.408 e. The first-order valence-corrected chi connectivity index (χ1v) is 33.8. The predicted molar refractivity (Wildman–Crippen MR) is 376 cm³/mol. The highest BCUT2D eigenvalue weighted by Crippen LogP contribution is 2.49. The summed E-state index contributed by atoms with van der Waals surface area (Å²) in [5.41, 5.74) is -1.76. The quantitative estimate of drug-likeness (QED) is 0.0640. The number of nitrogens with one attached hydrogen (secondary N) is 8. The van der Waals surface area contributed by atoms with Crippen LogP contribution in [-0.2, 0) is 64.2 Å². The van der Waals surface area contributed by atoms with Crippen molar-refractivity contribution in [2.24, 2.45) is 0 Å². The van der Waals surface area contributed by atoms with Crippen molar-refractivity contribution in [1.29, 1.82) is 0 Å². The molecule has 0 radical (unpaired) electrons. The second-order valence-corrected chi connectivity index (χ2v) is 27.3. The summed E-state index contributed by atoms with van der Waals surface area (Å²) in [6.45, 7) is 6.72. The fraction of sp³-hybridized carbons (Fsp3) is 0.253. The van der Waals surface area contributed by atoms with Gasteiger partial charge in [-0.2, -0.15) is 0 Å². The van der Waals surface area contributed by atoms with Crippen LogP contribution >= 0.6 is 23.2 Å². The molecule has 17 bridgehead atoms. The molecular formula is C75H70Cl2N8O20. The van der Waals surface area contributed by atoms with Crippen molar-refractivity contribution in [3.8, 4) is 80.1 Å². The summed E-state index contributed by atoms with van der Waals surface area (Å²) in [6, 6.07) is 14.2. The average molecular weight is 1470 g/mol. The topological polar surface area (TPSA) is 432 Å². The van der Waals surface area contributed by atoms with Gasteiger partial charge in [0.1, 0.15) is 88.2 Å². The molecular weight excluding hydrogens is 1400 g/mol. The SMILES string of the molecule is CCCCc1ccc(CNCc2c(O)cc3c(c2O)-c2cc(ccc2O)[C@H]2NC(=O)[C@@H]4NC(=O)[C@H]5NC(=O)[C@@H](Cc6ccc(c(Cl)c6)Oc6cc4cc(c6O)Oc4ccc(cc4Cl)[C@@H](O)[C@H](NC2=O)C(=O)N[C@@H]3C(=O)O)NC(=O)[C@@H](NC(=O)OC(C)(C)C)c2ccc(O)c(c2)Oc2cc(O)cc5c2)cc1. The molecule has 0 saturated heterocycles. The number of rotatable bonds is 9. The molecule has 14 rings (SSSR count). The summed E-state index contributed by atoms with van der Waals surface area (Å²) in [5.74, 6) is -15.7. The molecule has 105 heavy (non-hydrogen) atoms. The lowest BCUT2D eigenvalue weighted by molar-refractivity contribution is -0.143. The van der Waals surface area contributed by atoms with E-state index in [1.807, 2.05) is 24.3 Å². The van der Waals surface area contributed by atoms with Crippen LogP contribution in [-0.4, -0.2) is 106 Å². The van der Waals surface area contributed by atoms with Gasteiger partial charge in [0.25, 0.3) is 0 Å². The van der Waals surface area contributed by atoms with Crippen molar-refractivity contribution < 1.29 is 98.2 Å². The number of alkyl carbamates (subject to hydrolysis) is 1. The van der Waals surface area contributed by atoms with E-state index in [-0.39, 0.29) is 85.1 Å². The van der Waals surface area contributed by atoms with Gasteiger partial charge in [0.2, 0.25) is 41.2 Å². The predicted octanol–water partition coefficient (Wildman–Crippen LogP) is 9.18. The average Bonchev–Trinajstić information content (AvgIpc) is 0.760. The molecule has 0 unspecified atom stereocenters. The molecule has 0 aromatic heterocycles. The van der Waals surface area contributed by atoms with Gasteiger partial charge in [-0.25, -0.2) is 9.59 Å². The van der Waals surface area contributed by atoms with Crippen LogP contribution in [0.1, 0.15) is 132 Å². The van der Waals surface area contributed by atoms with Crippen LogP contribution in [0.25, 0.3) is 11.1 Å². The molecule has 544 valence electrons. The number of phenolic OH excluding ortho intramolecular Hbond substituents is 6. The van der Waals surface area contributed by atoms with Crippen molar-refractivity contribution in [3.63, 3.8) is 0 Å². The Labute approximate surface area is 608 Å². The first-order valence-electron chi connectivity index (χ1n) is 33.0. The molecule has 28 nitrogen and oxygen atoms in total. The van der Waals surface area contributed by atoms with E-state index in [4.69, 9.17) is 42.1 Å². The van der Waals surface area contributed by atoms with Crippen LogP contribution < -0.4 is 56.7 Å². The zero-order valence-electron chi connectivity index (χ0n) is 56.3. The van der Waals surface area contributed by atoms with Gasteiger partial charge in [0, 0.05) is 42.3 Å². The highest BCUT2D eigenvalue weighted by atomic mass is 35.5. The molecule has 16 N–H and O–H groups in total. The summed E-state index contributed by atoms with van der Waals surface area (Å²) in [4.78, 5) is 120. The number of carbonyl (C=O) groups excluding carboxylic acids is 7. The van der Waals surface area contributed by atoms with Crippen LogP contribution in [0, 0.1) is 0 Å². The summed E-state index contributed by atoms with van der Waals surface area (Å²) >= 11 is 13.9. The van der Waals surface area contributed by atoms with Crippen molar-refractivity contribution >= 4 is 70.7 Å². The smallest absolute Gasteiger partial charge is 0.408 e. The molecule has 8 aromatic rings. The molecule has 30 heteroatoms. The number of ether oxygens (including phenoxy) is 4. The first kappa shape index (κ1) is 72.8. The molecule has 0 fully saturated rings. The number of fused-ring (bicyclic) bond motifs is 14. The minimum atomic E-state index is -2.25. The number of aliphatic hydroxyl groups excluding tert-OH is 1. The number of carbonyl (C=O) groups is 8. The largest absolute Gasteiger partial charge is 0.508 e. The number of carboxylic acids is 1. The normalized spacial score (nSPS) is 20.1.